The minimum Gasteiger partial charge on any atom is -0.478 e. The number of pyridine rings is 1. The van der Waals surface area contributed by atoms with E-state index in [4.69, 9.17) is 12.2 Å². The molecule has 2 aromatic heterocycles. The van der Waals surface area contributed by atoms with Gasteiger partial charge in [-0.25, -0.2) is 4.79 Å². The molecule has 39 heavy (non-hydrogen) atoms. The molecule has 0 radical (unpaired) electrons. The lowest BCUT2D eigenvalue weighted by Crippen LogP contribution is -2.29. The topological polar surface area (TPSA) is 99.5 Å². The van der Waals surface area contributed by atoms with E-state index in [0.717, 1.165) is 39.6 Å². The number of hydrogen-bond acceptors (Lipinski definition) is 4. The van der Waals surface area contributed by atoms with Crippen LogP contribution in [0.5, 0.6) is 0 Å². The first-order valence-electron chi connectivity index (χ1n) is 12.6. The van der Waals surface area contributed by atoms with Gasteiger partial charge < -0.3 is 25.2 Å². The second-order valence-electron chi connectivity index (χ2n) is 9.69. The molecular weight excluding hydrogens is 510 g/mol. The van der Waals surface area contributed by atoms with Gasteiger partial charge in [-0.2, -0.15) is 0 Å². The number of carbonyl (C=O) groups is 2. The zero-order chi connectivity index (χ0) is 27.8. The van der Waals surface area contributed by atoms with Crippen LogP contribution in [0.4, 0.5) is 11.4 Å². The third kappa shape index (κ3) is 4.88. The Bertz CT molecular complexity index is 1580. The highest BCUT2D eigenvalue weighted by Gasteiger charge is 2.42. The maximum Gasteiger partial charge on any atom is 0.335 e. The number of amides is 1. The van der Waals surface area contributed by atoms with Gasteiger partial charge in [0.05, 0.1) is 23.3 Å². The van der Waals surface area contributed by atoms with Crippen molar-refractivity contribution in [1.82, 2.24) is 14.9 Å². The Morgan fingerprint density at radius 3 is 2.41 bits per heavy atom. The summed E-state index contributed by atoms with van der Waals surface area (Å²) in [5.41, 5.74) is 7.47. The molecule has 1 aliphatic heterocycles. The van der Waals surface area contributed by atoms with Crippen molar-refractivity contribution in [3.63, 3.8) is 0 Å². The molecule has 0 spiro atoms. The summed E-state index contributed by atoms with van der Waals surface area (Å²) in [5.74, 6) is -1.10. The summed E-state index contributed by atoms with van der Waals surface area (Å²) < 4.78 is 2.10. The minimum absolute atomic E-state index is 0.135. The largest absolute Gasteiger partial charge is 0.478 e. The number of nitrogens with one attached hydrogen (secondary N) is 2. The number of carboxylic acid groups (broad SMARTS) is 1. The lowest BCUT2D eigenvalue weighted by Gasteiger charge is -2.28. The number of rotatable bonds is 6. The van der Waals surface area contributed by atoms with Gasteiger partial charge in [0.2, 0.25) is 5.91 Å². The van der Waals surface area contributed by atoms with Crippen LogP contribution in [0.15, 0.2) is 72.9 Å². The van der Waals surface area contributed by atoms with Crippen LogP contribution >= 0.6 is 12.2 Å². The van der Waals surface area contributed by atoms with Crippen LogP contribution in [-0.4, -0.2) is 31.6 Å². The predicted octanol–water partition coefficient (Wildman–Crippen LogP) is 5.63. The molecule has 2 aromatic carbocycles. The first-order valence-corrected chi connectivity index (χ1v) is 13.0. The molecule has 1 aliphatic rings. The van der Waals surface area contributed by atoms with Crippen molar-refractivity contribution >= 4 is 40.6 Å². The van der Waals surface area contributed by atoms with Crippen LogP contribution in [0.1, 0.15) is 57.6 Å². The van der Waals surface area contributed by atoms with Crippen LogP contribution in [0, 0.1) is 20.8 Å². The third-order valence-corrected chi connectivity index (χ3v) is 7.36. The number of benzene rings is 2. The highest BCUT2D eigenvalue weighted by molar-refractivity contribution is 7.80. The van der Waals surface area contributed by atoms with Gasteiger partial charge in [0.15, 0.2) is 5.11 Å². The Morgan fingerprint density at radius 2 is 1.77 bits per heavy atom. The number of carbonyl (C=O) groups excluding carboxylic acids is 1. The van der Waals surface area contributed by atoms with E-state index < -0.39 is 5.97 Å². The monoisotopic (exact) mass is 539 g/mol. The Hall–Kier alpha value is -4.50. The molecular formula is C30H29N5O3S. The minimum atomic E-state index is -0.964. The molecule has 1 fully saturated rings. The number of hydrogen-bond donors (Lipinski definition) is 3. The van der Waals surface area contributed by atoms with Gasteiger partial charge in [-0.1, -0.05) is 12.1 Å². The molecule has 3 N–H and O–H groups in total. The van der Waals surface area contributed by atoms with E-state index in [0.29, 0.717) is 10.8 Å². The van der Waals surface area contributed by atoms with E-state index in [2.05, 4.69) is 31.2 Å². The van der Waals surface area contributed by atoms with Gasteiger partial charge in [-0.15, -0.1) is 0 Å². The van der Waals surface area contributed by atoms with E-state index in [9.17, 15) is 14.7 Å². The average molecular weight is 540 g/mol. The Balaban J connectivity index is 1.66. The summed E-state index contributed by atoms with van der Waals surface area (Å²) in [4.78, 5) is 30.0. The fourth-order valence-electron chi connectivity index (χ4n) is 5.30. The van der Waals surface area contributed by atoms with E-state index in [1.165, 1.54) is 6.92 Å². The standard InChI is InChI=1S/C30H29N5O3S/c1-17-8-9-21(29(37)38)16-26(17)34-18(2)15-24(19(34)3)28-27(25-7-5-6-14-31-25)33-30(39)35(28)23-12-10-22(11-13-23)32-20(4)36/h5-16,27-28H,1-4H3,(H,32,36)(H,33,39)(H,37,38)/t27-,28+/m1/s1. The normalized spacial score (nSPS) is 16.7. The van der Waals surface area contributed by atoms with Gasteiger partial charge in [0.25, 0.3) is 0 Å². The predicted molar refractivity (Wildman–Crippen MR) is 156 cm³/mol. The molecule has 2 atom stereocenters. The van der Waals surface area contributed by atoms with Crippen molar-refractivity contribution in [2.75, 3.05) is 10.2 Å². The van der Waals surface area contributed by atoms with Crippen LogP contribution in [0.2, 0.25) is 0 Å². The number of thiocarbonyl (C=S) groups is 1. The molecule has 0 bridgehead atoms. The molecule has 0 unspecified atom stereocenters. The zero-order valence-electron chi connectivity index (χ0n) is 22.1. The van der Waals surface area contributed by atoms with Crippen molar-refractivity contribution < 1.29 is 14.7 Å². The lowest BCUT2D eigenvalue weighted by molar-refractivity contribution is -0.114. The summed E-state index contributed by atoms with van der Waals surface area (Å²) >= 11 is 5.87. The second-order valence-corrected chi connectivity index (χ2v) is 10.1. The van der Waals surface area contributed by atoms with E-state index in [-0.39, 0.29) is 23.6 Å². The van der Waals surface area contributed by atoms with Crippen molar-refractivity contribution in [2.45, 2.75) is 39.8 Å². The van der Waals surface area contributed by atoms with Crippen molar-refractivity contribution in [2.24, 2.45) is 0 Å². The summed E-state index contributed by atoms with van der Waals surface area (Å²) in [6.07, 6.45) is 1.77. The number of aryl methyl sites for hydroxylation is 2. The van der Waals surface area contributed by atoms with Gasteiger partial charge >= 0.3 is 5.97 Å². The Kier molecular flexibility index (Phi) is 6.93. The van der Waals surface area contributed by atoms with E-state index in [1.807, 2.05) is 69.3 Å². The van der Waals surface area contributed by atoms with E-state index in [1.54, 1.807) is 18.3 Å². The van der Waals surface area contributed by atoms with Crippen LogP contribution in [0.3, 0.4) is 0 Å². The van der Waals surface area contributed by atoms with Crippen LogP contribution in [-0.2, 0) is 4.79 Å². The smallest absolute Gasteiger partial charge is 0.335 e. The summed E-state index contributed by atoms with van der Waals surface area (Å²) in [5, 5.41) is 16.5. The first kappa shape index (κ1) is 26.1. The molecule has 8 nitrogen and oxygen atoms in total. The number of anilines is 2. The van der Waals surface area contributed by atoms with Crippen molar-refractivity contribution in [3.8, 4) is 5.69 Å². The van der Waals surface area contributed by atoms with Gasteiger partial charge in [-0.05, 0) is 98.7 Å². The molecule has 9 heteroatoms. The lowest BCUT2D eigenvalue weighted by atomic mass is 9.96. The van der Waals surface area contributed by atoms with Crippen LogP contribution < -0.4 is 15.5 Å². The molecule has 1 saturated heterocycles. The summed E-state index contributed by atoms with van der Waals surface area (Å²) in [6.45, 7) is 7.52. The summed E-state index contributed by atoms with van der Waals surface area (Å²) in [7, 11) is 0. The van der Waals surface area contributed by atoms with Crippen molar-refractivity contribution in [3.05, 3.63) is 107 Å². The summed E-state index contributed by atoms with van der Waals surface area (Å²) in [6, 6.07) is 20.3. The van der Waals surface area contributed by atoms with E-state index >= 15 is 0 Å². The number of aromatic carboxylic acids is 1. The second kappa shape index (κ2) is 10.3. The van der Waals surface area contributed by atoms with Gasteiger partial charge in [0, 0.05) is 41.6 Å². The molecule has 1 amide bonds. The maximum atomic E-state index is 11.7. The molecule has 4 aromatic rings. The molecule has 3 heterocycles. The van der Waals surface area contributed by atoms with Gasteiger partial charge in [-0.3, -0.25) is 9.78 Å². The van der Waals surface area contributed by atoms with Crippen molar-refractivity contribution in [1.29, 1.82) is 0 Å². The average Bonchev–Trinajstić information content (AvgIpc) is 3.40. The van der Waals surface area contributed by atoms with Crippen LogP contribution in [0.25, 0.3) is 5.69 Å². The van der Waals surface area contributed by atoms with Gasteiger partial charge in [0.1, 0.15) is 0 Å². The highest BCUT2D eigenvalue weighted by atomic mass is 32.1. The number of carboxylic acids is 1. The Labute approximate surface area is 232 Å². The fraction of sp³-hybridized carbons (Fsp3) is 0.200. The first-order chi connectivity index (χ1) is 18.7. The maximum absolute atomic E-state index is 11.7. The third-order valence-electron chi connectivity index (χ3n) is 7.05. The molecule has 0 aliphatic carbocycles. The molecule has 0 saturated carbocycles. The number of nitrogens with zero attached hydrogens (tertiary/aromatic N) is 3. The zero-order valence-corrected chi connectivity index (χ0v) is 22.9. The Morgan fingerprint density at radius 1 is 1.03 bits per heavy atom. The highest BCUT2D eigenvalue weighted by Crippen LogP contribution is 2.44. The number of aromatic nitrogens is 2. The fourth-order valence-corrected chi connectivity index (χ4v) is 5.64. The molecule has 5 rings (SSSR count). The quantitative estimate of drug-likeness (QED) is 0.273. The molecule has 198 valence electrons. The SMILES string of the molecule is CC(=O)Nc1ccc(N2C(=S)N[C@H](c3ccccn3)[C@@H]2c2cc(C)n(-c3cc(C(=O)O)ccc3C)c2C)cc1.